The fraction of sp³-hybridized carbons (Fsp3) is 0.600. The second kappa shape index (κ2) is 5.46. The van der Waals surface area contributed by atoms with Gasteiger partial charge in [-0.05, 0) is 26.3 Å². The number of piperazine rings is 1. The van der Waals surface area contributed by atoms with E-state index in [0.29, 0.717) is 34.6 Å². The Balaban J connectivity index is 1.74. The predicted molar refractivity (Wildman–Crippen MR) is 80.9 cm³/mol. The van der Waals surface area contributed by atoms with Crippen LogP contribution in [0.15, 0.2) is 12.3 Å². The number of halogens is 1. The highest BCUT2D eigenvalue weighted by molar-refractivity contribution is 6.32. The zero-order chi connectivity index (χ0) is 15.1. The first-order valence-corrected chi connectivity index (χ1v) is 7.65. The van der Waals surface area contributed by atoms with E-state index in [1.54, 1.807) is 12.3 Å². The van der Waals surface area contributed by atoms with E-state index < -0.39 is 0 Å². The number of nitrogens with zero attached hydrogens (tertiary/aromatic N) is 3. The molecule has 114 valence electrons. The maximum Gasteiger partial charge on any atom is 0.256 e. The quantitative estimate of drug-likeness (QED) is 0.857. The van der Waals surface area contributed by atoms with Crippen LogP contribution in [0.3, 0.4) is 0 Å². The number of pyridine rings is 1. The minimum atomic E-state index is 0.0247. The number of piperidine rings is 1. The van der Waals surface area contributed by atoms with Crippen molar-refractivity contribution in [2.45, 2.75) is 38.4 Å². The standard InChI is InChI=1S/C15H20ClN3O2/c1-9(2)18-7-11-5-12(8-18)19(11)15(20)10-4-13(16)14(21-3)17-6-10/h4,6,9,11-12H,5,7-8H2,1-3H3. The zero-order valence-corrected chi connectivity index (χ0v) is 13.3. The monoisotopic (exact) mass is 309 g/mol. The van der Waals surface area contributed by atoms with Crippen LogP contribution in [0.25, 0.3) is 0 Å². The van der Waals surface area contributed by atoms with Gasteiger partial charge in [-0.1, -0.05) is 11.6 Å². The molecule has 0 saturated carbocycles. The van der Waals surface area contributed by atoms with Crippen molar-refractivity contribution < 1.29 is 9.53 Å². The van der Waals surface area contributed by atoms with Crippen molar-refractivity contribution in [1.82, 2.24) is 14.8 Å². The molecule has 5 nitrogen and oxygen atoms in total. The lowest BCUT2D eigenvalue weighted by Gasteiger charge is -2.57. The van der Waals surface area contributed by atoms with Gasteiger partial charge in [-0.25, -0.2) is 4.98 Å². The van der Waals surface area contributed by atoms with Crippen LogP contribution in [0.4, 0.5) is 0 Å². The normalized spacial score (nSPS) is 24.9. The van der Waals surface area contributed by atoms with Crippen molar-refractivity contribution in [2.75, 3.05) is 20.2 Å². The molecule has 0 aromatic carbocycles. The van der Waals surface area contributed by atoms with E-state index >= 15 is 0 Å². The van der Waals surface area contributed by atoms with E-state index in [9.17, 15) is 4.79 Å². The SMILES string of the molecule is COc1ncc(C(=O)N2C3CC2CN(C(C)C)C3)cc1Cl. The van der Waals surface area contributed by atoms with Crippen LogP contribution in [0.2, 0.25) is 5.02 Å². The predicted octanol–water partition coefficient (Wildman–Crippen LogP) is 2.05. The van der Waals surface area contributed by atoms with Crippen molar-refractivity contribution in [3.05, 3.63) is 22.8 Å². The fourth-order valence-electron chi connectivity index (χ4n) is 3.24. The van der Waals surface area contributed by atoms with Crippen LogP contribution in [0.1, 0.15) is 30.6 Å². The minimum Gasteiger partial charge on any atom is -0.480 e. The fourth-order valence-corrected chi connectivity index (χ4v) is 3.48. The van der Waals surface area contributed by atoms with Gasteiger partial charge < -0.3 is 9.64 Å². The molecule has 21 heavy (non-hydrogen) atoms. The van der Waals surface area contributed by atoms with Gasteiger partial charge in [0.25, 0.3) is 5.91 Å². The van der Waals surface area contributed by atoms with Crippen LogP contribution in [-0.4, -0.2) is 59.0 Å². The number of amides is 1. The molecule has 2 aliphatic rings. The van der Waals surface area contributed by atoms with Crippen molar-refractivity contribution in [3.8, 4) is 5.88 Å². The highest BCUT2D eigenvalue weighted by atomic mass is 35.5. The van der Waals surface area contributed by atoms with Gasteiger partial charge in [0.1, 0.15) is 5.02 Å². The summed E-state index contributed by atoms with van der Waals surface area (Å²) in [5.74, 6) is 0.375. The number of rotatable bonds is 3. The second-order valence-electron chi connectivity index (χ2n) is 6.02. The number of hydrogen-bond acceptors (Lipinski definition) is 4. The summed E-state index contributed by atoms with van der Waals surface area (Å²) >= 11 is 6.06. The summed E-state index contributed by atoms with van der Waals surface area (Å²) in [6, 6.07) is 2.81. The Hall–Kier alpha value is -1.33. The number of methoxy groups -OCH3 is 1. The van der Waals surface area contributed by atoms with Crippen LogP contribution in [0.5, 0.6) is 5.88 Å². The van der Waals surface area contributed by atoms with Gasteiger partial charge in [-0.2, -0.15) is 0 Å². The molecule has 3 heterocycles. The van der Waals surface area contributed by atoms with Crippen LogP contribution < -0.4 is 4.74 Å². The molecule has 2 saturated heterocycles. The number of ether oxygens (including phenoxy) is 1. The van der Waals surface area contributed by atoms with Crippen molar-refractivity contribution in [2.24, 2.45) is 0 Å². The van der Waals surface area contributed by atoms with Crippen LogP contribution in [-0.2, 0) is 0 Å². The zero-order valence-electron chi connectivity index (χ0n) is 12.5. The Morgan fingerprint density at radius 3 is 2.62 bits per heavy atom. The van der Waals surface area contributed by atoms with E-state index in [1.807, 2.05) is 4.90 Å². The third kappa shape index (κ3) is 2.49. The Morgan fingerprint density at radius 1 is 1.43 bits per heavy atom. The van der Waals surface area contributed by atoms with E-state index in [0.717, 1.165) is 19.5 Å². The number of aromatic nitrogens is 1. The molecule has 2 aliphatic heterocycles. The summed E-state index contributed by atoms with van der Waals surface area (Å²) in [6.45, 7) is 6.31. The number of hydrogen-bond donors (Lipinski definition) is 0. The molecule has 1 aromatic rings. The van der Waals surface area contributed by atoms with Gasteiger partial charge in [0.15, 0.2) is 0 Å². The van der Waals surface area contributed by atoms with Gasteiger partial charge in [-0.15, -0.1) is 0 Å². The second-order valence-corrected chi connectivity index (χ2v) is 6.43. The molecule has 1 aromatic heterocycles. The Bertz CT molecular complexity index is 552. The molecule has 2 fully saturated rings. The molecule has 0 spiro atoms. The van der Waals surface area contributed by atoms with Gasteiger partial charge in [0, 0.05) is 37.4 Å². The lowest BCUT2D eigenvalue weighted by Crippen LogP contribution is -2.70. The molecule has 6 heteroatoms. The summed E-state index contributed by atoms with van der Waals surface area (Å²) in [5, 5.41) is 0.373. The van der Waals surface area contributed by atoms with Gasteiger partial charge in [0.2, 0.25) is 5.88 Å². The average Bonchev–Trinajstić information content (AvgIpc) is 2.47. The first-order valence-electron chi connectivity index (χ1n) is 7.27. The molecule has 2 bridgehead atoms. The van der Waals surface area contributed by atoms with E-state index in [2.05, 4.69) is 23.7 Å². The van der Waals surface area contributed by atoms with E-state index in [-0.39, 0.29) is 5.91 Å². The molecular formula is C15H20ClN3O2. The molecule has 2 unspecified atom stereocenters. The molecule has 0 radical (unpaired) electrons. The molecular weight excluding hydrogens is 290 g/mol. The van der Waals surface area contributed by atoms with E-state index in [4.69, 9.17) is 16.3 Å². The van der Waals surface area contributed by atoms with Crippen molar-refractivity contribution >= 4 is 17.5 Å². The topological polar surface area (TPSA) is 45.7 Å². The van der Waals surface area contributed by atoms with Crippen molar-refractivity contribution in [1.29, 1.82) is 0 Å². The molecule has 0 aliphatic carbocycles. The van der Waals surface area contributed by atoms with Gasteiger partial charge in [0.05, 0.1) is 12.7 Å². The van der Waals surface area contributed by atoms with Gasteiger partial charge >= 0.3 is 0 Å². The maximum absolute atomic E-state index is 12.6. The highest BCUT2D eigenvalue weighted by Crippen LogP contribution is 2.35. The Kier molecular flexibility index (Phi) is 3.80. The summed E-state index contributed by atoms with van der Waals surface area (Å²) in [7, 11) is 1.51. The largest absolute Gasteiger partial charge is 0.480 e. The van der Waals surface area contributed by atoms with E-state index in [1.165, 1.54) is 7.11 Å². The van der Waals surface area contributed by atoms with Crippen molar-refractivity contribution in [3.63, 3.8) is 0 Å². The number of likely N-dealkylation sites (tertiary alicyclic amines) is 2. The maximum atomic E-state index is 12.6. The highest BCUT2D eigenvalue weighted by Gasteiger charge is 2.47. The number of carbonyl (C=O) groups is 1. The van der Waals surface area contributed by atoms with Crippen LogP contribution >= 0.6 is 11.6 Å². The third-order valence-electron chi connectivity index (χ3n) is 4.43. The Labute approximate surface area is 129 Å². The Morgan fingerprint density at radius 2 is 2.10 bits per heavy atom. The number of carbonyl (C=O) groups excluding carboxylic acids is 1. The number of fused-ring (bicyclic) bond motifs is 2. The first-order chi connectivity index (χ1) is 10.0. The van der Waals surface area contributed by atoms with Gasteiger partial charge in [-0.3, -0.25) is 9.69 Å². The lowest BCUT2D eigenvalue weighted by molar-refractivity contribution is -0.0563. The average molecular weight is 310 g/mol. The minimum absolute atomic E-state index is 0.0247. The van der Waals surface area contributed by atoms with Crippen LogP contribution in [0, 0.1) is 0 Å². The third-order valence-corrected chi connectivity index (χ3v) is 4.70. The molecule has 1 amide bonds. The first kappa shape index (κ1) is 14.6. The molecule has 0 N–H and O–H groups in total. The smallest absolute Gasteiger partial charge is 0.256 e. The summed E-state index contributed by atoms with van der Waals surface area (Å²) in [6.07, 6.45) is 2.65. The summed E-state index contributed by atoms with van der Waals surface area (Å²) in [5.41, 5.74) is 0.536. The lowest BCUT2D eigenvalue weighted by atomic mass is 9.86. The summed E-state index contributed by atoms with van der Waals surface area (Å²) < 4.78 is 5.02. The molecule has 2 atom stereocenters. The summed E-state index contributed by atoms with van der Waals surface area (Å²) in [4.78, 5) is 21.1. The molecule has 3 rings (SSSR count).